The number of hydrogen-bond donors (Lipinski definition) is 5. The molecule has 2 rings (SSSR count). The van der Waals surface area contributed by atoms with Gasteiger partial charge in [0.05, 0.1) is 12.5 Å². The fourth-order valence-electron chi connectivity index (χ4n) is 2.44. The fourth-order valence-corrected chi connectivity index (χ4v) is 2.44. The van der Waals surface area contributed by atoms with Gasteiger partial charge in [0.25, 0.3) is 0 Å². The summed E-state index contributed by atoms with van der Waals surface area (Å²) in [5.74, 6) is -0.869. The van der Waals surface area contributed by atoms with Crippen LogP contribution in [0.15, 0.2) is 0 Å². The van der Waals surface area contributed by atoms with Gasteiger partial charge in [0.1, 0.15) is 18.3 Å². The molecule has 0 aromatic rings. The lowest BCUT2D eigenvalue weighted by Gasteiger charge is -2.36. The van der Waals surface area contributed by atoms with E-state index in [2.05, 4.69) is 10.6 Å². The maximum absolute atomic E-state index is 11.8. The maximum Gasteiger partial charge on any atom is 0.326 e. The molecule has 5 N–H and O–H groups in total. The standard InChI is InChI=1S/C11H19N3O6/c1-12-2-5-3-14(11(19)13-9(5)18)10-8(17)7(16)6(4-15)20-10/h5-8,10,12,15-17H,2-4H2,1H3,(H,13,18,19)/t5?,6-,7-,8-,10-/m1/s1. The molecule has 0 aromatic heterocycles. The van der Waals surface area contributed by atoms with Crippen LogP contribution in [0.5, 0.6) is 0 Å². The highest BCUT2D eigenvalue weighted by Crippen LogP contribution is 2.26. The first-order valence-electron chi connectivity index (χ1n) is 6.38. The summed E-state index contributed by atoms with van der Waals surface area (Å²) in [6.07, 6.45) is -4.66. The van der Waals surface area contributed by atoms with E-state index < -0.39 is 49.0 Å². The zero-order valence-electron chi connectivity index (χ0n) is 11.0. The normalized spacial score (nSPS) is 38.2. The zero-order valence-corrected chi connectivity index (χ0v) is 11.0. The molecular weight excluding hydrogens is 270 g/mol. The van der Waals surface area contributed by atoms with Gasteiger partial charge in [-0.2, -0.15) is 0 Å². The Balaban J connectivity index is 2.11. The lowest BCUT2D eigenvalue weighted by molar-refractivity contribution is -0.131. The molecule has 2 heterocycles. The second kappa shape index (κ2) is 6.02. The van der Waals surface area contributed by atoms with Gasteiger partial charge in [-0.1, -0.05) is 0 Å². The minimum atomic E-state index is -1.33. The van der Waals surface area contributed by atoms with Crippen LogP contribution >= 0.6 is 0 Å². The molecule has 0 bridgehead atoms. The molecule has 5 atom stereocenters. The molecule has 9 nitrogen and oxygen atoms in total. The molecule has 0 spiro atoms. The van der Waals surface area contributed by atoms with E-state index in [1.165, 1.54) is 0 Å². The average Bonchev–Trinajstić information content (AvgIpc) is 2.70. The smallest absolute Gasteiger partial charge is 0.326 e. The highest BCUT2D eigenvalue weighted by atomic mass is 16.6. The first kappa shape index (κ1) is 15.1. The third-order valence-corrected chi connectivity index (χ3v) is 3.55. The Kier molecular flexibility index (Phi) is 4.55. The third-order valence-electron chi connectivity index (χ3n) is 3.55. The summed E-state index contributed by atoms with van der Waals surface area (Å²) < 4.78 is 5.29. The van der Waals surface area contributed by atoms with Crippen LogP contribution in [0.25, 0.3) is 0 Å². The van der Waals surface area contributed by atoms with Gasteiger partial charge in [-0.05, 0) is 7.05 Å². The summed E-state index contributed by atoms with van der Waals surface area (Å²) in [5, 5.41) is 33.7. The molecule has 0 saturated carbocycles. The number of urea groups is 1. The van der Waals surface area contributed by atoms with Gasteiger partial charge in [-0.15, -0.1) is 0 Å². The highest BCUT2D eigenvalue weighted by molar-refractivity contribution is 5.98. The Morgan fingerprint density at radius 3 is 2.65 bits per heavy atom. The van der Waals surface area contributed by atoms with E-state index in [0.717, 1.165) is 4.90 Å². The number of carbonyl (C=O) groups is 2. The first-order valence-corrected chi connectivity index (χ1v) is 6.38. The van der Waals surface area contributed by atoms with Crippen LogP contribution in [-0.4, -0.2) is 83.4 Å². The van der Waals surface area contributed by atoms with Crippen LogP contribution in [0.4, 0.5) is 4.79 Å². The van der Waals surface area contributed by atoms with Crippen molar-refractivity contribution in [2.75, 3.05) is 26.7 Å². The van der Waals surface area contributed by atoms with Gasteiger partial charge in [0, 0.05) is 13.1 Å². The Morgan fingerprint density at radius 2 is 2.10 bits per heavy atom. The van der Waals surface area contributed by atoms with Gasteiger partial charge in [0.2, 0.25) is 5.91 Å². The SMILES string of the molecule is CNCC1CN([C@@H]2O[C@H](CO)[C@@H](O)[C@H]2O)C(=O)NC1=O. The Labute approximate surface area is 115 Å². The lowest BCUT2D eigenvalue weighted by atomic mass is 10.0. The summed E-state index contributed by atoms with van der Waals surface area (Å²) in [6.45, 7) is -0.0361. The minimum Gasteiger partial charge on any atom is -0.394 e. The number of hydrogen-bond acceptors (Lipinski definition) is 7. The van der Waals surface area contributed by atoms with Crippen molar-refractivity contribution in [1.29, 1.82) is 0 Å². The third kappa shape index (κ3) is 2.63. The molecule has 114 valence electrons. The van der Waals surface area contributed by atoms with Crippen molar-refractivity contribution in [1.82, 2.24) is 15.5 Å². The van der Waals surface area contributed by atoms with E-state index >= 15 is 0 Å². The van der Waals surface area contributed by atoms with Gasteiger partial charge < -0.3 is 25.4 Å². The van der Waals surface area contributed by atoms with Gasteiger partial charge in [0.15, 0.2) is 6.23 Å². The van der Waals surface area contributed by atoms with E-state index in [9.17, 15) is 19.8 Å². The highest BCUT2D eigenvalue weighted by Gasteiger charge is 2.48. The van der Waals surface area contributed by atoms with Crippen molar-refractivity contribution in [3.8, 4) is 0 Å². The van der Waals surface area contributed by atoms with E-state index in [-0.39, 0.29) is 6.54 Å². The van der Waals surface area contributed by atoms with Crippen molar-refractivity contribution in [2.45, 2.75) is 24.5 Å². The van der Waals surface area contributed by atoms with Crippen molar-refractivity contribution in [3.05, 3.63) is 0 Å². The number of aliphatic hydroxyl groups is 3. The Hall–Kier alpha value is -1.26. The van der Waals surface area contributed by atoms with Crippen LogP contribution < -0.4 is 10.6 Å². The topological polar surface area (TPSA) is 131 Å². The second-order valence-corrected chi connectivity index (χ2v) is 4.93. The van der Waals surface area contributed by atoms with Crippen LogP contribution in [0.3, 0.4) is 0 Å². The number of amides is 3. The summed E-state index contributed by atoms with van der Waals surface area (Å²) in [4.78, 5) is 24.6. The Bertz CT molecular complexity index is 392. The predicted molar refractivity (Wildman–Crippen MR) is 65.4 cm³/mol. The molecule has 3 amide bonds. The zero-order chi connectivity index (χ0) is 14.9. The van der Waals surface area contributed by atoms with Crippen LogP contribution in [0, 0.1) is 5.92 Å². The van der Waals surface area contributed by atoms with Crippen molar-refractivity contribution in [2.24, 2.45) is 5.92 Å². The number of imide groups is 1. The molecule has 1 unspecified atom stereocenters. The number of carbonyl (C=O) groups excluding carboxylic acids is 2. The van der Waals surface area contributed by atoms with E-state index in [0.29, 0.717) is 6.54 Å². The van der Waals surface area contributed by atoms with E-state index in [1.54, 1.807) is 7.05 Å². The number of ether oxygens (including phenoxy) is 1. The van der Waals surface area contributed by atoms with Crippen LogP contribution in [0.1, 0.15) is 0 Å². The molecule has 2 aliphatic rings. The molecule has 2 fully saturated rings. The number of aliphatic hydroxyl groups excluding tert-OH is 3. The van der Waals surface area contributed by atoms with Crippen molar-refractivity contribution >= 4 is 11.9 Å². The summed E-state index contributed by atoms with van der Waals surface area (Å²) in [7, 11) is 1.68. The molecule has 2 saturated heterocycles. The Morgan fingerprint density at radius 1 is 1.40 bits per heavy atom. The lowest BCUT2D eigenvalue weighted by Crippen LogP contribution is -2.61. The maximum atomic E-state index is 11.8. The molecular formula is C11H19N3O6. The quantitative estimate of drug-likeness (QED) is 0.368. The first-order chi connectivity index (χ1) is 9.49. The summed E-state index contributed by atoms with van der Waals surface area (Å²) in [5.41, 5.74) is 0. The van der Waals surface area contributed by atoms with Gasteiger partial charge in [-0.3, -0.25) is 15.0 Å². The number of rotatable bonds is 4. The monoisotopic (exact) mass is 289 g/mol. The van der Waals surface area contributed by atoms with E-state index in [4.69, 9.17) is 9.84 Å². The molecule has 20 heavy (non-hydrogen) atoms. The molecule has 0 aliphatic carbocycles. The molecule has 9 heteroatoms. The summed E-state index contributed by atoms with van der Waals surface area (Å²) >= 11 is 0. The van der Waals surface area contributed by atoms with Crippen molar-refractivity contribution in [3.63, 3.8) is 0 Å². The largest absolute Gasteiger partial charge is 0.394 e. The molecule has 0 aromatic carbocycles. The number of nitrogens with one attached hydrogen (secondary N) is 2. The number of nitrogens with zero attached hydrogens (tertiary/aromatic N) is 1. The van der Waals surface area contributed by atoms with Crippen molar-refractivity contribution < 1.29 is 29.6 Å². The van der Waals surface area contributed by atoms with Crippen LogP contribution in [-0.2, 0) is 9.53 Å². The average molecular weight is 289 g/mol. The fraction of sp³-hybridized carbons (Fsp3) is 0.818. The molecule has 2 aliphatic heterocycles. The molecule has 0 radical (unpaired) electrons. The van der Waals surface area contributed by atoms with Gasteiger partial charge in [-0.25, -0.2) is 4.79 Å². The minimum absolute atomic E-state index is 0.0676. The second-order valence-electron chi connectivity index (χ2n) is 4.93. The van der Waals surface area contributed by atoms with Crippen LogP contribution in [0.2, 0.25) is 0 Å². The predicted octanol–water partition coefficient (Wildman–Crippen LogP) is -3.19. The summed E-state index contributed by atoms with van der Waals surface area (Å²) in [6, 6.07) is -0.683. The van der Waals surface area contributed by atoms with E-state index in [1.807, 2.05) is 0 Å². The van der Waals surface area contributed by atoms with Gasteiger partial charge >= 0.3 is 6.03 Å².